The van der Waals surface area contributed by atoms with Crippen molar-refractivity contribution in [2.75, 3.05) is 11.9 Å². The van der Waals surface area contributed by atoms with Crippen LogP contribution in [0.3, 0.4) is 0 Å². The minimum absolute atomic E-state index is 0.0566. The fourth-order valence-electron chi connectivity index (χ4n) is 5.00. The molecule has 0 bridgehead atoms. The third kappa shape index (κ3) is 4.41. The van der Waals surface area contributed by atoms with Crippen molar-refractivity contribution >= 4 is 30.3 Å². The number of anilines is 1. The normalized spacial score (nSPS) is 17.3. The van der Waals surface area contributed by atoms with E-state index < -0.39 is 30.4 Å². The second kappa shape index (κ2) is 9.05. The van der Waals surface area contributed by atoms with Crippen LogP contribution in [0.2, 0.25) is 0 Å². The molecule has 2 aliphatic rings. The Balaban J connectivity index is 1.36. The third-order valence-electron chi connectivity index (χ3n) is 7.78. The van der Waals surface area contributed by atoms with Gasteiger partial charge in [-0.1, -0.05) is 48.5 Å². The molecular formula is C29H30BNO6. The third-order valence-corrected chi connectivity index (χ3v) is 7.78. The molecule has 1 aliphatic carbocycles. The fraction of sp³-hybridized carbons (Fsp3) is 0.310. The second-order valence-corrected chi connectivity index (χ2v) is 10.6. The average molecular weight is 499 g/mol. The highest BCUT2D eigenvalue weighted by Crippen LogP contribution is 2.44. The lowest BCUT2D eigenvalue weighted by Gasteiger charge is -2.32. The standard InChI is InChI=1S/C29H30BNO6/c1-17-23(26(32)33)14-18(15-25(17)30-36-28(2,3)29(4,5)37-30)31-27(34)35-16-24-21-12-8-6-10-19(21)20-11-7-9-13-22(20)24/h6-15,24H,16H2,1-5H3,(H,31,34)(H,32,33). The predicted molar refractivity (Wildman–Crippen MR) is 143 cm³/mol. The molecule has 8 heteroatoms. The van der Waals surface area contributed by atoms with Crippen molar-refractivity contribution in [3.63, 3.8) is 0 Å². The number of carboxylic acids is 1. The molecule has 5 rings (SSSR count). The number of fused-ring (bicyclic) bond motifs is 3. The minimum atomic E-state index is -1.11. The summed E-state index contributed by atoms with van der Waals surface area (Å²) in [5, 5.41) is 12.5. The maximum Gasteiger partial charge on any atom is 0.495 e. The van der Waals surface area contributed by atoms with Crippen molar-refractivity contribution < 1.29 is 28.7 Å². The number of amides is 1. The van der Waals surface area contributed by atoms with Gasteiger partial charge in [-0.3, -0.25) is 5.32 Å². The zero-order valence-electron chi connectivity index (χ0n) is 21.6. The van der Waals surface area contributed by atoms with Gasteiger partial charge in [-0.05, 0) is 80.0 Å². The van der Waals surface area contributed by atoms with Crippen LogP contribution in [0.5, 0.6) is 0 Å². The summed E-state index contributed by atoms with van der Waals surface area (Å²) in [6, 6.07) is 19.3. The molecule has 0 aromatic heterocycles. The summed E-state index contributed by atoms with van der Waals surface area (Å²) in [4.78, 5) is 24.8. The number of nitrogens with one attached hydrogen (secondary N) is 1. The fourth-order valence-corrected chi connectivity index (χ4v) is 5.00. The van der Waals surface area contributed by atoms with Crippen molar-refractivity contribution in [3.8, 4) is 11.1 Å². The Kier molecular flexibility index (Phi) is 6.12. The number of ether oxygens (including phenoxy) is 1. The molecule has 1 fully saturated rings. The summed E-state index contributed by atoms with van der Waals surface area (Å²) < 4.78 is 17.9. The van der Waals surface area contributed by atoms with Gasteiger partial charge in [0, 0.05) is 11.6 Å². The summed E-state index contributed by atoms with van der Waals surface area (Å²) in [6.07, 6.45) is -0.665. The monoisotopic (exact) mass is 499 g/mol. The molecular weight excluding hydrogens is 469 g/mol. The molecule has 0 radical (unpaired) electrons. The molecule has 3 aromatic rings. The van der Waals surface area contributed by atoms with Gasteiger partial charge in [-0.15, -0.1) is 0 Å². The van der Waals surface area contributed by atoms with E-state index in [0.29, 0.717) is 16.7 Å². The Morgan fingerprint density at radius 2 is 1.49 bits per heavy atom. The number of hydrogen-bond donors (Lipinski definition) is 2. The Bertz CT molecular complexity index is 1340. The molecule has 3 aromatic carbocycles. The Morgan fingerprint density at radius 1 is 0.946 bits per heavy atom. The van der Waals surface area contributed by atoms with Crippen LogP contribution in [0, 0.1) is 6.92 Å². The van der Waals surface area contributed by atoms with Crippen molar-refractivity contribution in [1.29, 1.82) is 0 Å². The largest absolute Gasteiger partial charge is 0.495 e. The first-order valence-electron chi connectivity index (χ1n) is 12.3. The van der Waals surface area contributed by atoms with E-state index in [1.165, 1.54) is 6.07 Å². The molecule has 7 nitrogen and oxygen atoms in total. The van der Waals surface area contributed by atoms with E-state index in [4.69, 9.17) is 14.0 Å². The van der Waals surface area contributed by atoms with Crippen LogP contribution in [0.15, 0.2) is 60.7 Å². The highest BCUT2D eigenvalue weighted by atomic mass is 16.7. The van der Waals surface area contributed by atoms with Crippen LogP contribution in [0.25, 0.3) is 11.1 Å². The van der Waals surface area contributed by atoms with Gasteiger partial charge >= 0.3 is 19.2 Å². The summed E-state index contributed by atoms with van der Waals surface area (Å²) in [5.74, 6) is -1.18. The quantitative estimate of drug-likeness (QED) is 0.460. The SMILES string of the molecule is Cc1c(B2OC(C)(C)C(C)(C)O2)cc(NC(=O)OCC2c3ccccc3-c3ccccc32)cc1C(=O)O. The van der Waals surface area contributed by atoms with E-state index in [-0.39, 0.29) is 18.1 Å². The number of aromatic carboxylic acids is 1. The van der Waals surface area contributed by atoms with Crippen LogP contribution in [0.4, 0.5) is 10.5 Å². The number of hydrogen-bond acceptors (Lipinski definition) is 5. The lowest BCUT2D eigenvalue weighted by atomic mass is 9.74. The molecule has 1 amide bonds. The Morgan fingerprint density at radius 3 is 2.03 bits per heavy atom. The van der Waals surface area contributed by atoms with Crippen LogP contribution in [-0.4, -0.2) is 42.1 Å². The van der Waals surface area contributed by atoms with E-state index in [0.717, 1.165) is 22.3 Å². The smallest absolute Gasteiger partial charge is 0.478 e. The summed E-state index contributed by atoms with van der Waals surface area (Å²) in [5.41, 5.74) is 4.74. The van der Waals surface area contributed by atoms with E-state index in [2.05, 4.69) is 29.6 Å². The topological polar surface area (TPSA) is 94.1 Å². The molecule has 2 N–H and O–H groups in total. The van der Waals surface area contributed by atoms with Crippen LogP contribution in [-0.2, 0) is 14.0 Å². The maximum absolute atomic E-state index is 12.9. The van der Waals surface area contributed by atoms with E-state index in [1.54, 1.807) is 13.0 Å². The molecule has 190 valence electrons. The van der Waals surface area contributed by atoms with E-state index >= 15 is 0 Å². The predicted octanol–water partition coefficient (Wildman–Crippen LogP) is 5.35. The maximum atomic E-state index is 12.9. The first-order valence-corrected chi connectivity index (χ1v) is 12.3. The van der Waals surface area contributed by atoms with E-state index in [1.807, 2.05) is 52.0 Å². The molecule has 1 aliphatic heterocycles. The molecule has 1 heterocycles. The van der Waals surface area contributed by atoms with Gasteiger partial charge in [0.15, 0.2) is 0 Å². The molecule has 1 saturated heterocycles. The van der Waals surface area contributed by atoms with Gasteiger partial charge in [0.05, 0.1) is 16.8 Å². The van der Waals surface area contributed by atoms with Crippen LogP contribution < -0.4 is 10.8 Å². The first kappa shape index (κ1) is 25.1. The second-order valence-electron chi connectivity index (χ2n) is 10.6. The van der Waals surface area contributed by atoms with E-state index in [9.17, 15) is 14.7 Å². The zero-order valence-corrected chi connectivity index (χ0v) is 21.6. The lowest BCUT2D eigenvalue weighted by Crippen LogP contribution is -2.41. The highest BCUT2D eigenvalue weighted by Gasteiger charge is 2.52. The van der Waals surface area contributed by atoms with Crippen LogP contribution in [0.1, 0.15) is 60.7 Å². The summed E-state index contributed by atoms with van der Waals surface area (Å²) in [7, 11) is -0.771. The van der Waals surface area contributed by atoms with Gasteiger partial charge in [0.1, 0.15) is 6.61 Å². The molecule has 0 saturated carbocycles. The summed E-state index contributed by atoms with van der Waals surface area (Å²) in [6.45, 7) is 9.58. The zero-order chi connectivity index (χ0) is 26.5. The van der Waals surface area contributed by atoms with Crippen molar-refractivity contribution in [3.05, 3.63) is 82.9 Å². The molecule has 0 spiro atoms. The number of carbonyl (C=O) groups is 2. The van der Waals surface area contributed by atoms with Gasteiger partial charge in [-0.2, -0.15) is 0 Å². The van der Waals surface area contributed by atoms with Gasteiger partial charge in [0.2, 0.25) is 0 Å². The van der Waals surface area contributed by atoms with Gasteiger partial charge in [0.25, 0.3) is 0 Å². The average Bonchev–Trinajstić information content (AvgIpc) is 3.27. The molecule has 0 unspecified atom stereocenters. The van der Waals surface area contributed by atoms with Crippen molar-refractivity contribution in [1.82, 2.24) is 0 Å². The highest BCUT2D eigenvalue weighted by molar-refractivity contribution is 6.63. The Hall–Kier alpha value is -3.62. The molecule has 0 atom stereocenters. The van der Waals surface area contributed by atoms with Gasteiger partial charge < -0.3 is 19.2 Å². The van der Waals surface area contributed by atoms with Crippen molar-refractivity contribution in [2.45, 2.75) is 51.7 Å². The summed E-state index contributed by atoms with van der Waals surface area (Å²) >= 11 is 0. The number of benzene rings is 3. The van der Waals surface area contributed by atoms with Crippen LogP contribution >= 0.6 is 0 Å². The van der Waals surface area contributed by atoms with Crippen molar-refractivity contribution in [2.24, 2.45) is 0 Å². The Labute approximate surface area is 216 Å². The first-order chi connectivity index (χ1) is 17.5. The number of carboxylic acid groups (broad SMARTS) is 1. The van der Waals surface area contributed by atoms with Gasteiger partial charge in [-0.25, -0.2) is 9.59 Å². The lowest BCUT2D eigenvalue weighted by molar-refractivity contribution is 0.00578. The minimum Gasteiger partial charge on any atom is -0.478 e. The number of rotatable bonds is 5. The molecule has 37 heavy (non-hydrogen) atoms. The number of carbonyl (C=O) groups excluding carboxylic acids is 1.